The molecule has 0 radical (unpaired) electrons. The fraction of sp³-hybridized carbons (Fsp3) is 0.167. The van der Waals surface area contributed by atoms with E-state index in [9.17, 15) is 14.0 Å². The van der Waals surface area contributed by atoms with Gasteiger partial charge in [-0.3, -0.25) is 9.59 Å². The number of halogens is 1. The number of amides is 2. The molecule has 2 amide bonds. The quantitative estimate of drug-likeness (QED) is 0.652. The Morgan fingerprint density at radius 2 is 1.71 bits per heavy atom. The molecule has 2 N–H and O–H groups in total. The SMILES string of the molecule is Cc1ccc(C(=O)NCc2ccc3c(c2)OCCO3)cc1NC(=O)c1ccccc1F. The van der Waals surface area contributed by atoms with Crippen LogP contribution in [0.1, 0.15) is 31.8 Å². The van der Waals surface area contributed by atoms with Gasteiger partial charge >= 0.3 is 0 Å². The molecule has 3 aromatic rings. The molecule has 6 nitrogen and oxygen atoms in total. The first-order valence-corrected chi connectivity index (χ1v) is 9.84. The zero-order chi connectivity index (χ0) is 21.8. The fourth-order valence-corrected chi connectivity index (χ4v) is 3.22. The van der Waals surface area contributed by atoms with Gasteiger partial charge in [0.1, 0.15) is 19.0 Å². The Labute approximate surface area is 179 Å². The minimum Gasteiger partial charge on any atom is -0.486 e. The molecule has 158 valence electrons. The van der Waals surface area contributed by atoms with Crippen molar-refractivity contribution in [3.63, 3.8) is 0 Å². The molecule has 0 aliphatic carbocycles. The van der Waals surface area contributed by atoms with Crippen LogP contribution < -0.4 is 20.1 Å². The first-order chi connectivity index (χ1) is 15.0. The van der Waals surface area contributed by atoms with Crippen LogP contribution in [-0.2, 0) is 6.54 Å². The second-order valence-corrected chi connectivity index (χ2v) is 7.12. The lowest BCUT2D eigenvalue weighted by Gasteiger charge is -2.19. The van der Waals surface area contributed by atoms with Gasteiger partial charge in [0.05, 0.1) is 5.56 Å². The van der Waals surface area contributed by atoms with Crippen LogP contribution in [0, 0.1) is 12.7 Å². The number of carbonyl (C=O) groups is 2. The zero-order valence-corrected chi connectivity index (χ0v) is 16.9. The standard InChI is InChI=1S/C24H21FN2O4/c1-15-6-8-17(13-20(15)27-24(29)18-4-2-3-5-19(18)25)23(28)26-14-16-7-9-21-22(12-16)31-11-10-30-21/h2-9,12-13H,10-11,14H2,1H3,(H,26,28)(H,27,29). The molecule has 0 saturated heterocycles. The van der Waals surface area contributed by atoms with Crippen molar-refractivity contribution in [1.82, 2.24) is 5.32 Å². The molecule has 0 spiro atoms. The summed E-state index contributed by atoms with van der Waals surface area (Å²) in [6.07, 6.45) is 0. The minimum absolute atomic E-state index is 0.0598. The molecule has 1 aliphatic heterocycles. The number of fused-ring (bicyclic) bond motifs is 1. The van der Waals surface area contributed by atoms with E-state index in [2.05, 4.69) is 10.6 Å². The fourth-order valence-electron chi connectivity index (χ4n) is 3.22. The molecule has 1 heterocycles. The first kappa shape index (κ1) is 20.4. The lowest BCUT2D eigenvalue weighted by atomic mass is 10.1. The molecule has 0 saturated carbocycles. The Morgan fingerprint density at radius 3 is 2.52 bits per heavy atom. The number of ether oxygens (including phenoxy) is 2. The van der Waals surface area contributed by atoms with Gasteiger partial charge in [-0.25, -0.2) is 4.39 Å². The molecule has 1 aliphatic rings. The van der Waals surface area contributed by atoms with E-state index in [0.717, 1.165) is 11.1 Å². The number of rotatable bonds is 5. The molecular weight excluding hydrogens is 399 g/mol. The Kier molecular flexibility index (Phi) is 5.84. The van der Waals surface area contributed by atoms with Crippen LogP contribution in [-0.4, -0.2) is 25.0 Å². The highest BCUT2D eigenvalue weighted by Crippen LogP contribution is 2.30. The van der Waals surface area contributed by atoms with E-state index < -0.39 is 11.7 Å². The third-order valence-corrected chi connectivity index (χ3v) is 4.93. The molecule has 3 aromatic carbocycles. The summed E-state index contributed by atoms with van der Waals surface area (Å²) in [5.74, 6) is -0.126. The first-order valence-electron chi connectivity index (χ1n) is 9.84. The number of benzene rings is 3. The molecule has 0 aromatic heterocycles. The number of carbonyl (C=O) groups excluding carboxylic acids is 2. The Balaban J connectivity index is 1.44. The van der Waals surface area contributed by atoms with Gasteiger partial charge in [-0.05, 0) is 54.4 Å². The zero-order valence-electron chi connectivity index (χ0n) is 16.9. The molecule has 0 fully saturated rings. The average molecular weight is 420 g/mol. The molecule has 4 rings (SSSR count). The van der Waals surface area contributed by atoms with E-state index in [-0.39, 0.29) is 11.5 Å². The summed E-state index contributed by atoms with van der Waals surface area (Å²) in [4.78, 5) is 25.1. The lowest BCUT2D eigenvalue weighted by molar-refractivity contribution is 0.0949. The molecule has 0 bridgehead atoms. The largest absolute Gasteiger partial charge is 0.486 e. The van der Waals surface area contributed by atoms with Crippen molar-refractivity contribution in [2.75, 3.05) is 18.5 Å². The molecule has 0 atom stereocenters. The summed E-state index contributed by atoms with van der Waals surface area (Å²) >= 11 is 0. The molecular formula is C24H21FN2O4. The maximum atomic E-state index is 13.9. The van der Waals surface area contributed by atoms with Gasteiger partial charge < -0.3 is 20.1 Å². The third-order valence-electron chi connectivity index (χ3n) is 4.93. The summed E-state index contributed by atoms with van der Waals surface area (Å²) in [7, 11) is 0. The number of nitrogens with one attached hydrogen (secondary N) is 2. The third kappa shape index (κ3) is 4.66. The van der Waals surface area contributed by atoms with E-state index in [1.165, 1.54) is 18.2 Å². The van der Waals surface area contributed by atoms with Gasteiger partial charge in [0.15, 0.2) is 11.5 Å². The van der Waals surface area contributed by atoms with E-state index in [4.69, 9.17) is 9.47 Å². The number of anilines is 1. The maximum Gasteiger partial charge on any atom is 0.258 e. The van der Waals surface area contributed by atoms with Crippen LogP contribution in [0.4, 0.5) is 10.1 Å². The van der Waals surface area contributed by atoms with Crippen LogP contribution in [0.5, 0.6) is 11.5 Å². The normalized spacial score (nSPS) is 12.2. The van der Waals surface area contributed by atoms with Crippen molar-refractivity contribution in [3.8, 4) is 11.5 Å². The van der Waals surface area contributed by atoms with E-state index >= 15 is 0 Å². The summed E-state index contributed by atoms with van der Waals surface area (Å²) in [6.45, 7) is 3.12. The van der Waals surface area contributed by atoms with Gasteiger partial charge in [0, 0.05) is 17.8 Å². The Hall–Kier alpha value is -3.87. The van der Waals surface area contributed by atoms with Gasteiger partial charge in [-0.2, -0.15) is 0 Å². The van der Waals surface area contributed by atoms with E-state index in [1.807, 2.05) is 18.2 Å². The van der Waals surface area contributed by atoms with Crippen molar-refractivity contribution >= 4 is 17.5 Å². The predicted octanol–water partition coefficient (Wildman–Crippen LogP) is 4.09. The summed E-state index contributed by atoms with van der Waals surface area (Å²) in [6, 6.07) is 16.2. The number of aryl methyl sites for hydroxylation is 1. The van der Waals surface area contributed by atoms with E-state index in [1.54, 1.807) is 31.2 Å². The van der Waals surface area contributed by atoms with Crippen LogP contribution in [0.25, 0.3) is 0 Å². The van der Waals surface area contributed by atoms with Crippen LogP contribution in [0.2, 0.25) is 0 Å². The molecule has 7 heteroatoms. The van der Waals surface area contributed by atoms with Crippen molar-refractivity contribution < 1.29 is 23.5 Å². The van der Waals surface area contributed by atoms with Crippen molar-refractivity contribution in [1.29, 1.82) is 0 Å². The van der Waals surface area contributed by atoms with Crippen molar-refractivity contribution in [2.45, 2.75) is 13.5 Å². The second-order valence-electron chi connectivity index (χ2n) is 7.12. The number of hydrogen-bond donors (Lipinski definition) is 2. The highest BCUT2D eigenvalue weighted by atomic mass is 19.1. The van der Waals surface area contributed by atoms with Crippen LogP contribution >= 0.6 is 0 Å². The highest BCUT2D eigenvalue weighted by Gasteiger charge is 2.15. The van der Waals surface area contributed by atoms with Gasteiger partial charge in [-0.15, -0.1) is 0 Å². The predicted molar refractivity (Wildman–Crippen MR) is 114 cm³/mol. The Morgan fingerprint density at radius 1 is 0.935 bits per heavy atom. The number of hydrogen-bond acceptors (Lipinski definition) is 4. The average Bonchev–Trinajstić information content (AvgIpc) is 2.79. The summed E-state index contributed by atoms with van der Waals surface area (Å²) in [5, 5.41) is 5.54. The monoisotopic (exact) mass is 420 g/mol. The second kappa shape index (κ2) is 8.87. The molecule has 31 heavy (non-hydrogen) atoms. The van der Waals surface area contributed by atoms with Crippen molar-refractivity contribution in [2.24, 2.45) is 0 Å². The molecule has 0 unspecified atom stereocenters. The van der Waals surface area contributed by atoms with Gasteiger partial charge in [-0.1, -0.05) is 24.3 Å². The smallest absolute Gasteiger partial charge is 0.258 e. The highest BCUT2D eigenvalue weighted by molar-refractivity contribution is 6.05. The van der Waals surface area contributed by atoms with E-state index in [0.29, 0.717) is 42.5 Å². The topological polar surface area (TPSA) is 76.7 Å². The summed E-state index contributed by atoms with van der Waals surface area (Å²) < 4.78 is 24.9. The van der Waals surface area contributed by atoms with Crippen LogP contribution in [0.3, 0.4) is 0 Å². The Bertz CT molecular complexity index is 1150. The minimum atomic E-state index is -0.606. The maximum absolute atomic E-state index is 13.9. The summed E-state index contributed by atoms with van der Waals surface area (Å²) in [5.41, 5.74) is 2.40. The van der Waals surface area contributed by atoms with Crippen molar-refractivity contribution in [3.05, 3.63) is 88.7 Å². The van der Waals surface area contributed by atoms with Crippen LogP contribution in [0.15, 0.2) is 60.7 Å². The van der Waals surface area contributed by atoms with Gasteiger partial charge in [0.25, 0.3) is 11.8 Å². The van der Waals surface area contributed by atoms with Gasteiger partial charge in [0.2, 0.25) is 0 Å². The lowest BCUT2D eigenvalue weighted by Crippen LogP contribution is -2.23.